The lowest BCUT2D eigenvalue weighted by molar-refractivity contribution is -0.00218. The Bertz CT molecular complexity index is 448. The Morgan fingerprint density at radius 3 is 3.05 bits per heavy atom. The minimum absolute atomic E-state index is 0.148. The molecule has 0 bridgehead atoms. The number of benzene rings is 1. The van der Waals surface area contributed by atoms with Crippen LogP contribution in [-0.4, -0.2) is 38.2 Å². The number of hydrazone groups is 1. The van der Waals surface area contributed by atoms with E-state index in [2.05, 4.69) is 24.2 Å². The van der Waals surface area contributed by atoms with Gasteiger partial charge in [0.25, 0.3) is 0 Å². The van der Waals surface area contributed by atoms with Gasteiger partial charge >= 0.3 is 0 Å². The average molecular weight is 276 g/mol. The smallest absolute Gasteiger partial charge is 0.145 e. The fourth-order valence-electron chi connectivity index (χ4n) is 2.52. The summed E-state index contributed by atoms with van der Waals surface area (Å²) in [6, 6.07) is 8.20. The van der Waals surface area contributed by atoms with Crippen molar-refractivity contribution in [3.05, 3.63) is 29.8 Å². The molecule has 0 radical (unpaired) electrons. The van der Waals surface area contributed by atoms with Crippen molar-refractivity contribution in [3.63, 3.8) is 0 Å². The SMILES string of the molecule is COc1cccc(CC(C)/C=N/N2CCCC2OC)c1. The first kappa shape index (κ1) is 14.9. The zero-order chi connectivity index (χ0) is 14.4. The summed E-state index contributed by atoms with van der Waals surface area (Å²) in [4.78, 5) is 0. The molecule has 1 heterocycles. The summed E-state index contributed by atoms with van der Waals surface area (Å²) >= 11 is 0. The van der Waals surface area contributed by atoms with Gasteiger partial charge in [-0.2, -0.15) is 5.10 Å². The third-order valence-electron chi connectivity index (χ3n) is 3.60. The molecule has 2 rings (SSSR count). The van der Waals surface area contributed by atoms with Crippen molar-refractivity contribution in [1.82, 2.24) is 5.01 Å². The molecule has 1 aliphatic heterocycles. The summed E-state index contributed by atoms with van der Waals surface area (Å²) in [5.74, 6) is 1.30. The molecule has 20 heavy (non-hydrogen) atoms. The lowest BCUT2D eigenvalue weighted by Crippen LogP contribution is -2.26. The van der Waals surface area contributed by atoms with E-state index in [0.717, 1.165) is 31.6 Å². The molecule has 110 valence electrons. The van der Waals surface area contributed by atoms with E-state index in [9.17, 15) is 0 Å². The van der Waals surface area contributed by atoms with Gasteiger partial charge in [-0.15, -0.1) is 0 Å². The van der Waals surface area contributed by atoms with Crippen molar-refractivity contribution in [2.75, 3.05) is 20.8 Å². The third-order valence-corrected chi connectivity index (χ3v) is 3.60. The number of nitrogens with zero attached hydrogens (tertiary/aromatic N) is 2. The van der Waals surface area contributed by atoms with Crippen molar-refractivity contribution < 1.29 is 9.47 Å². The zero-order valence-corrected chi connectivity index (χ0v) is 12.6. The fourth-order valence-corrected chi connectivity index (χ4v) is 2.52. The van der Waals surface area contributed by atoms with Gasteiger partial charge in [-0.25, -0.2) is 0 Å². The number of hydrogen-bond donors (Lipinski definition) is 0. The lowest BCUT2D eigenvalue weighted by Gasteiger charge is -2.20. The van der Waals surface area contributed by atoms with Gasteiger partial charge < -0.3 is 9.47 Å². The van der Waals surface area contributed by atoms with Gasteiger partial charge in [0.15, 0.2) is 0 Å². The van der Waals surface area contributed by atoms with Crippen molar-refractivity contribution in [3.8, 4) is 5.75 Å². The van der Waals surface area contributed by atoms with Crippen LogP contribution in [0, 0.1) is 5.92 Å². The second-order valence-electron chi connectivity index (χ2n) is 5.29. The Hall–Kier alpha value is -1.55. The van der Waals surface area contributed by atoms with E-state index in [-0.39, 0.29) is 6.23 Å². The minimum atomic E-state index is 0.148. The summed E-state index contributed by atoms with van der Waals surface area (Å²) in [6.45, 7) is 3.17. The number of hydrogen-bond acceptors (Lipinski definition) is 4. The van der Waals surface area contributed by atoms with Gasteiger partial charge in [0.05, 0.1) is 7.11 Å². The van der Waals surface area contributed by atoms with Crippen LogP contribution in [0.15, 0.2) is 29.4 Å². The van der Waals surface area contributed by atoms with Crippen LogP contribution in [0.3, 0.4) is 0 Å². The van der Waals surface area contributed by atoms with Crippen LogP contribution in [0.4, 0.5) is 0 Å². The number of rotatable bonds is 6. The Morgan fingerprint density at radius 2 is 2.30 bits per heavy atom. The molecule has 4 heteroatoms. The maximum absolute atomic E-state index is 5.40. The third kappa shape index (κ3) is 3.97. The molecule has 0 aromatic heterocycles. The summed E-state index contributed by atoms with van der Waals surface area (Å²) in [5, 5.41) is 6.61. The Labute approximate surface area is 121 Å². The van der Waals surface area contributed by atoms with Gasteiger partial charge in [0.1, 0.15) is 12.0 Å². The molecular weight excluding hydrogens is 252 g/mol. The molecule has 0 spiro atoms. The van der Waals surface area contributed by atoms with E-state index in [1.54, 1.807) is 14.2 Å². The predicted octanol–water partition coefficient (Wildman–Crippen LogP) is 2.93. The van der Waals surface area contributed by atoms with Gasteiger partial charge in [0, 0.05) is 19.9 Å². The van der Waals surface area contributed by atoms with E-state index < -0.39 is 0 Å². The standard InChI is InChI=1S/C16H24N2O2/c1-13(10-14-6-4-7-15(11-14)19-2)12-17-18-9-5-8-16(18)20-3/h4,6-7,11-13,16H,5,8-10H2,1-3H3/b17-12+. The highest BCUT2D eigenvalue weighted by atomic mass is 16.5. The summed E-state index contributed by atoms with van der Waals surface area (Å²) in [5.41, 5.74) is 1.27. The molecular formula is C16H24N2O2. The highest BCUT2D eigenvalue weighted by molar-refractivity contribution is 5.60. The fraction of sp³-hybridized carbons (Fsp3) is 0.562. The van der Waals surface area contributed by atoms with Crippen molar-refractivity contribution in [2.45, 2.75) is 32.4 Å². The predicted molar refractivity (Wildman–Crippen MR) is 81.1 cm³/mol. The molecule has 2 atom stereocenters. The molecule has 2 unspecified atom stereocenters. The van der Waals surface area contributed by atoms with E-state index >= 15 is 0 Å². The van der Waals surface area contributed by atoms with E-state index in [1.165, 1.54) is 5.56 Å². The number of ether oxygens (including phenoxy) is 2. The normalized spacial score (nSPS) is 20.6. The first-order valence-electron chi connectivity index (χ1n) is 7.19. The lowest BCUT2D eigenvalue weighted by atomic mass is 10.0. The molecule has 1 saturated heterocycles. The van der Waals surface area contributed by atoms with Gasteiger partial charge in [-0.1, -0.05) is 19.1 Å². The first-order valence-corrected chi connectivity index (χ1v) is 7.19. The maximum Gasteiger partial charge on any atom is 0.145 e. The van der Waals surface area contributed by atoms with Crippen LogP contribution >= 0.6 is 0 Å². The van der Waals surface area contributed by atoms with E-state index in [4.69, 9.17) is 9.47 Å². The summed E-state index contributed by atoms with van der Waals surface area (Å²) in [6.07, 6.45) is 5.36. The second-order valence-corrected chi connectivity index (χ2v) is 5.29. The Balaban J connectivity index is 1.89. The molecule has 4 nitrogen and oxygen atoms in total. The van der Waals surface area contributed by atoms with Gasteiger partial charge in [-0.05, 0) is 42.9 Å². The Kier molecular flexibility index (Phi) is 5.41. The van der Waals surface area contributed by atoms with Crippen LogP contribution in [-0.2, 0) is 11.2 Å². The molecule has 1 aliphatic rings. The monoisotopic (exact) mass is 276 g/mol. The first-order chi connectivity index (χ1) is 9.72. The van der Waals surface area contributed by atoms with Crippen molar-refractivity contribution in [2.24, 2.45) is 11.0 Å². The maximum atomic E-state index is 5.40. The highest BCUT2D eigenvalue weighted by Crippen LogP contribution is 2.18. The summed E-state index contributed by atoms with van der Waals surface area (Å²) < 4.78 is 10.6. The molecule has 0 aliphatic carbocycles. The van der Waals surface area contributed by atoms with Crippen molar-refractivity contribution in [1.29, 1.82) is 0 Å². The quantitative estimate of drug-likeness (QED) is 0.749. The second kappa shape index (κ2) is 7.29. The average Bonchev–Trinajstić information content (AvgIpc) is 2.93. The Morgan fingerprint density at radius 1 is 1.45 bits per heavy atom. The molecule has 1 aromatic carbocycles. The van der Waals surface area contributed by atoms with Crippen LogP contribution < -0.4 is 4.74 Å². The van der Waals surface area contributed by atoms with Gasteiger partial charge in [-0.3, -0.25) is 5.01 Å². The highest BCUT2D eigenvalue weighted by Gasteiger charge is 2.22. The van der Waals surface area contributed by atoms with E-state index in [0.29, 0.717) is 5.92 Å². The van der Waals surface area contributed by atoms with Crippen LogP contribution in [0.1, 0.15) is 25.3 Å². The zero-order valence-electron chi connectivity index (χ0n) is 12.6. The van der Waals surface area contributed by atoms with Crippen LogP contribution in [0.25, 0.3) is 0 Å². The van der Waals surface area contributed by atoms with Crippen molar-refractivity contribution >= 4 is 6.21 Å². The topological polar surface area (TPSA) is 34.1 Å². The molecule has 0 N–H and O–H groups in total. The molecule has 1 aromatic rings. The molecule has 1 fully saturated rings. The van der Waals surface area contributed by atoms with E-state index in [1.807, 2.05) is 23.4 Å². The van der Waals surface area contributed by atoms with Crippen LogP contribution in [0.2, 0.25) is 0 Å². The van der Waals surface area contributed by atoms with Gasteiger partial charge in [0.2, 0.25) is 0 Å². The molecule has 0 amide bonds. The summed E-state index contributed by atoms with van der Waals surface area (Å²) in [7, 11) is 3.44. The largest absolute Gasteiger partial charge is 0.497 e. The van der Waals surface area contributed by atoms with Crippen LogP contribution in [0.5, 0.6) is 5.75 Å². The molecule has 0 saturated carbocycles. The minimum Gasteiger partial charge on any atom is -0.497 e. The number of methoxy groups -OCH3 is 2.